The fraction of sp³-hybridized carbons (Fsp3) is 0.500. The normalized spacial score (nSPS) is 19.4. The minimum Gasteiger partial charge on any atom is -0.378 e. The van der Waals surface area contributed by atoms with Crippen LogP contribution in [0.5, 0.6) is 0 Å². The number of benzene rings is 1. The number of nitrogens with zero attached hydrogens (tertiary/aromatic N) is 2. The molecule has 1 fully saturated rings. The van der Waals surface area contributed by atoms with Crippen LogP contribution in [0.1, 0.15) is 31.2 Å². The largest absolute Gasteiger partial charge is 0.378 e. The zero-order valence-electron chi connectivity index (χ0n) is 11.8. The van der Waals surface area contributed by atoms with Crippen molar-refractivity contribution in [2.24, 2.45) is 0 Å². The summed E-state index contributed by atoms with van der Waals surface area (Å²) in [5.41, 5.74) is 1.95. The molecule has 2 heterocycles. The predicted molar refractivity (Wildman–Crippen MR) is 78.9 cm³/mol. The van der Waals surface area contributed by atoms with Crippen molar-refractivity contribution >= 4 is 10.9 Å². The molecule has 0 amide bonds. The van der Waals surface area contributed by atoms with E-state index in [9.17, 15) is 4.79 Å². The highest BCUT2D eigenvalue weighted by molar-refractivity contribution is 5.77. The molecule has 0 saturated carbocycles. The van der Waals surface area contributed by atoms with Gasteiger partial charge in [0.15, 0.2) is 0 Å². The quantitative estimate of drug-likeness (QED) is 0.863. The Morgan fingerprint density at radius 2 is 2.30 bits per heavy atom. The second kappa shape index (κ2) is 5.75. The standard InChI is InChI=1S/C16H20N2O2/c1-12-5-6-14-15(10-12)17-11-18(16(14)19)8-7-13-4-2-3-9-20-13/h5-6,10-11,13H,2-4,7-9H2,1H3/t13-/m1/s1. The molecule has 20 heavy (non-hydrogen) atoms. The van der Waals surface area contributed by atoms with Crippen molar-refractivity contribution in [1.29, 1.82) is 0 Å². The van der Waals surface area contributed by atoms with Crippen molar-refractivity contribution in [3.8, 4) is 0 Å². The van der Waals surface area contributed by atoms with Gasteiger partial charge in [-0.2, -0.15) is 0 Å². The van der Waals surface area contributed by atoms with Crippen LogP contribution < -0.4 is 5.56 Å². The summed E-state index contributed by atoms with van der Waals surface area (Å²) in [4.78, 5) is 16.8. The van der Waals surface area contributed by atoms with Gasteiger partial charge in [-0.05, 0) is 50.3 Å². The van der Waals surface area contributed by atoms with E-state index in [0.29, 0.717) is 18.0 Å². The molecule has 106 valence electrons. The van der Waals surface area contributed by atoms with Crippen molar-refractivity contribution in [3.63, 3.8) is 0 Å². The van der Waals surface area contributed by atoms with Gasteiger partial charge in [-0.3, -0.25) is 9.36 Å². The van der Waals surface area contributed by atoms with Crippen molar-refractivity contribution in [1.82, 2.24) is 9.55 Å². The molecule has 1 atom stereocenters. The fourth-order valence-corrected chi connectivity index (χ4v) is 2.75. The molecule has 0 spiro atoms. The first-order valence-electron chi connectivity index (χ1n) is 7.31. The number of hydrogen-bond donors (Lipinski definition) is 0. The number of hydrogen-bond acceptors (Lipinski definition) is 3. The van der Waals surface area contributed by atoms with Crippen LogP contribution in [0.15, 0.2) is 29.3 Å². The van der Waals surface area contributed by atoms with E-state index >= 15 is 0 Å². The van der Waals surface area contributed by atoms with Gasteiger partial charge in [0.25, 0.3) is 5.56 Å². The molecule has 1 aromatic carbocycles. The lowest BCUT2D eigenvalue weighted by Gasteiger charge is -2.22. The van der Waals surface area contributed by atoms with E-state index in [0.717, 1.165) is 36.9 Å². The van der Waals surface area contributed by atoms with Crippen LogP contribution in [-0.4, -0.2) is 22.3 Å². The van der Waals surface area contributed by atoms with E-state index in [2.05, 4.69) is 4.98 Å². The lowest BCUT2D eigenvalue weighted by atomic mass is 10.1. The lowest BCUT2D eigenvalue weighted by Crippen LogP contribution is -2.25. The van der Waals surface area contributed by atoms with Gasteiger partial charge in [0, 0.05) is 13.2 Å². The molecule has 1 aliphatic heterocycles. The maximum absolute atomic E-state index is 12.4. The van der Waals surface area contributed by atoms with E-state index in [4.69, 9.17) is 4.74 Å². The van der Waals surface area contributed by atoms with Crippen LogP contribution in [0.25, 0.3) is 10.9 Å². The molecule has 4 nitrogen and oxygen atoms in total. The highest BCUT2D eigenvalue weighted by atomic mass is 16.5. The van der Waals surface area contributed by atoms with Gasteiger partial charge >= 0.3 is 0 Å². The number of ether oxygens (including phenoxy) is 1. The van der Waals surface area contributed by atoms with Crippen molar-refractivity contribution < 1.29 is 4.74 Å². The van der Waals surface area contributed by atoms with E-state index in [1.807, 2.05) is 25.1 Å². The maximum atomic E-state index is 12.4. The van der Waals surface area contributed by atoms with Gasteiger partial charge in [-0.1, -0.05) is 6.07 Å². The van der Waals surface area contributed by atoms with E-state index in [-0.39, 0.29) is 5.56 Å². The van der Waals surface area contributed by atoms with Crippen LogP contribution >= 0.6 is 0 Å². The van der Waals surface area contributed by atoms with E-state index in [1.165, 1.54) is 6.42 Å². The molecule has 0 unspecified atom stereocenters. The number of rotatable bonds is 3. The summed E-state index contributed by atoms with van der Waals surface area (Å²) in [6.07, 6.45) is 6.34. The first-order chi connectivity index (χ1) is 9.74. The molecule has 3 rings (SSSR count). The fourth-order valence-electron chi connectivity index (χ4n) is 2.75. The van der Waals surface area contributed by atoms with Crippen LogP contribution in [0.3, 0.4) is 0 Å². The average molecular weight is 272 g/mol. The SMILES string of the molecule is Cc1ccc2c(=O)n(CC[C@H]3CCCCO3)cnc2c1. The highest BCUT2D eigenvalue weighted by Crippen LogP contribution is 2.16. The topological polar surface area (TPSA) is 44.1 Å². The zero-order valence-corrected chi connectivity index (χ0v) is 11.8. The summed E-state index contributed by atoms with van der Waals surface area (Å²) < 4.78 is 7.41. The zero-order chi connectivity index (χ0) is 13.9. The maximum Gasteiger partial charge on any atom is 0.261 e. The molecule has 1 saturated heterocycles. The van der Waals surface area contributed by atoms with Crippen LogP contribution in [0.2, 0.25) is 0 Å². The molecule has 2 aromatic rings. The number of fused-ring (bicyclic) bond motifs is 1. The summed E-state index contributed by atoms with van der Waals surface area (Å²) in [5, 5.41) is 0.697. The lowest BCUT2D eigenvalue weighted by molar-refractivity contribution is 0.00864. The predicted octanol–water partition coefficient (Wildman–Crippen LogP) is 2.66. The number of aromatic nitrogens is 2. The second-order valence-corrected chi connectivity index (χ2v) is 5.54. The number of aryl methyl sites for hydroxylation is 2. The third-order valence-corrected chi connectivity index (χ3v) is 3.95. The summed E-state index contributed by atoms with van der Waals surface area (Å²) in [7, 11) is 0. The van der Waals surface area contributed by atoms with E-state index < -0.39 is 0 Å². The third-order valence-electron chi connectivity index (χ3n) is 3.95. The molecule has 0 aliphatic carbocycles. The molecule has 0 radical (unpaired) electrons. The summed E-state index contributed by atoms with van der Waals surface area (Å²) in [6.45, 7) is 3.54. The van der Waals surface area contributed by atoms with Crippen LogP contribution in [0.4, 0.5) is 0 Å². The minimum absolute atomic E-state index is 0.0470. The van der Waals surface area contributed by atoms with Gasteiger partial charge < -0.3 is 4.74 Å². The molecule has 0 N–H and O–H groups in total. The Kier molecular flexibility index (Phi) is 3.83. The van der Waals surface area contributed by atoms with Gasteiger partial charge in [-0.15, -0.1) is 0 Å². The van der Waals surface area contributed by atoms with Crippen molar-refractivity contribution in [2.75, 3.05) is 6.61 Å². The van der Waals surface area contributed by atoms with Gasteiger partial charge in [-0.25, -0.2) is 4.98 Å². The molecule has 1 aliphatic rings. The van der Waals surface area contributed by atoms with Gasteiger partial charge in [0.05, 0.1) is 23.3 Å². The summed E-state index contributed by atoms with van der Waals surface area (Å²) in [5.74, 6) is 0. The minimum atomic E-state index is 0.0470. The first-order valence-corrected chi connectivity index (χ1v) is 7.31. The Morgan fingerprint density at radius 1 is 1.40 bits per heavy atom. The molecular formula is C16H20N2O2. The Balaban J connectivity index is 1.79. The van der Waals surface area contributed by atoms with E-state index in [1.54, 1.807) is 10.9 Å². The Bertz CT molecular complexity index is 657. The molecule has 0 bridgehead atoms. The van der Waals surface area contributed by atoms with Crippen LogP contribution in [-0.2, 0) is 11.3 Å². The van der Waals surface area contributed by atoms with Gasteiger partial charge in [0.1, 0.15) is 0 Å². The Labute approximate surface area is 118 Å². The second-order valence-electron chi connectivity index (χ2n) is 5.54. The Hall–Kier alpha value is -1.68. The molecular weight excluding hydrogens is 252 g/mol. The first kappa shape index (κ1) is 13.3. The summed E-state index contributed by atoms with van der Waals surface area (Å²) in [6, 6.07) is 5.78. The highest BCUT2D eigenvalue weighted by Gasteiger charge is 2.14. The Morgan fingerprint density at radius 3 is 3.10 bits per heavy atom. The van der Waals surface area contributed by atoms with Crippen LogP contribution in [0, 0.1) is 6.92 Å². The molecule has 1 aromatic heterocycles. The van der Waals surface area contributed by atoms with Crippen molar-refractivity contribution in [2.45, 2.75) is 45.3 Å². The summed E-state index contributed by atoms with van der Waals surface area (Å²) >= 11 is 0. The third kappa shape index (κ3) is 2.75. The van der Waals surface area contributed by atoms with Crippen molar-refractivity contribution in [3.05, 3.63) is 40.4 Å². The average Bonchev–Trinajstić information content (AvgIpc) is 2.47. The smallest absolute Gasteiger partial charge is 0.261 e. The monoisotopic (exact) mass is 272 g/mol. The molecule has 4 heteroatoms. The van der Waals surface area contributed by atoms with Gasteiger partial charge in [0.2, 0.25) is 0 Å².